The third-order valence-electron chi connectivity index (χ3n) is 7.78. The summed E-state index contributed by atoms with van der Waals surface area (Å²) in [7, 11) is 0. The van der Waals surface area contributed by atoms with Gasteiger partial charge in [-0.15, -0.1) is 0 Å². The first-order valence-electron chi connectivity index (χ1n) is 12.8. The fourth-order valence-corrected chi connectivity index (χ4v) is 5.71. The molecule has 2 saturated heterocycles. The Kier molecular flexibility index (Phi) is 6.08. The van der Waals surface area contributed by atoms with Gasteiger partial charge in [-0.25, -0.2) is 0 Å². The highest BCUT2D eigenvalue weighted by Crippen LogP contribution is 2.48. The number of amides is 1. The maximum absolute atomic E-state index is 13.5. The summed E-state index contributed by atoms with van der Waals surface area (Å²) in [5.41, 5.74) is 1.09. The Labute approximate surface area is 211 Å². The van der Waals surface area contributed by atoms with E-state index in [0.29, 0.717) is 23.7 Å². The van der Waals surface area contributed by atoms with Crippen LogP contribution in [-0.2, 0) is 9.47 Å². The van der Waals surface area contributed by atoms with Crippen molar-refractivity contribution in [2.75, 3.05) is 16.8 Å². The van der Waals surface area contributed by atoms with Gasteiger partial charge < -0.3 is 35.0 Å². The van der Waals surface area contributed by atoms with Gasteiger partial charge in [0.05, 0.1) is 40.3 Å². The molecular formula is C28H36N2O6. The molecule has 3 heterocycles. The van der Waals surface area contributed by atoms with E-state index in [1.54, 1.807) is 17.0 Å². The van der Waals surface area contributed by atoms with Crippen LogP contribution in [0.3, 0.4) is 0 Å². The van der Waals surface area contributed by atoms with E-state index in [9.17, 15) is 20.1 Å². The number of aromatic hydroxyl groups is 3. The molecule has 0 saturated carbocycles. The topological polar surface area (TPSA) is 115 Å². The number of rotatable bonds is 8. The lowest BCUT2D eigenvalue weighted by Gasteiger charge is -2.43. The quantitative estimate of drug-likeness (QED) is 0.219. The number of epoxide rings is 1. The van der Waals surface area contributed by atoms with E-state index in [1.165, 1.54) is 18.2 Å². The number of carbonyl (C=O) groups is 1. The van der Waals surface area contributed by atoms with Crippen molar-refractivity contribution < 1.29 is 29.6 Å². The van der Waals surface area contributed by atoms with E-state index in [4.69, 9.17) is 9.47 Å². The van der Waals surface area contributed by atoms with E-state index >= 15 is 0 Å². The summed E-state index contributed by atoms with van der Waals surface area (Å²) in [4.78, 5) is 15.1. The fraction of sp³-hybridized carbons (Fsp3) is 0.536. The molecule has 0 aromatic heterocycles. The van der Waals surface area contributed by atoms with Crippen molar-refractivity contribution in [1.29, 1.82) is 0 Å². The molecule has 0 radical (unpaired) electrons. The number of nitrogens with one attached hydrogen (secondary N) is 1. The molecule has 5 rings (SSSR count). The minimum Gasteiger partial charge on any atom is -0.508 e. The Balaban J connectivity index is 1.23. The normalized spacial score (nSPS) is 26.8. The highest BCUT2D eigenvalue weighted by molar-refractivity contribution is 6.15. The second kappa shape index (κ2) is 8.85. The van der Waals surface area contributed by atoms with Gasteiger partial charge in [-0.2, -0.15) is 0 Å². The molecule has 2 fully saturated rings. The molecule has 8 heteroatoms. The second-order valence-electron chi connectivity index (χ2n) is 11.4. The zero-order valence-corrected chi connectivity index (χ0v) is 21.4. The molecule has 4 unspecified atom stereocenters. The van der Waals surface area contributed by atoms with E-state index in [1.807, 2.05) is 0 Å². The molecule has 1 amide bonds. The van der Waals surface area contributed by atoms with Gasteiger partial charge in [0, 0.05) is 31.5 Å². The SMILES string of the molecule is CC(CCC1OC1(C)CC1CC(C)(C)O1)CCN1C(=O)c2cccc(O)c2Nc2c(O)cc(O)cc21. The van der Waals surface area contributed by atoms with Gasteiger partial charge in [0.1, 0.15) is 22.9 Å². The van der Waals surface area contributed by atoms with E-state index in [-0.39, 0.29) is 57.9 Å². The largest absolute Gasteiger partial charge is 0.508 e. The molecule has 0 aliphatic carbocycles. The number of nitrogens with zero attached hydrogens (tertiary/aromatic N) is 1. The van der Waals surface area contributed by atoms with Crippen LogP contribution in [0, 0.1) is 5.92 Å². The maximum atomic E-state index is 13.5. The monoisotopic (exact) mass is 496 g/mol. The number of phenols is 3. The number of hydrogen-bond acceptors (Lipinski definition) is 7. The number of anilines is 3. The van der Waals surface area contributed by atoms with Crippen molar-refractivity contribution in [1.82, 2.24) is 0 Å². The molecule has 0 spiro atoms. The summed E-state index contributed by atoms with van der Waals surface area (Å²) in [6.07, 6.45) is 5.18. The van der Waals surface area contributed by atoms with Crippen molar-refractivity contribution in [3.8, 4) is 17.2 Å². The van der Waals surface area contributed by atoms with Gasteiger partial charge in [0.15, 0.2) is 0 Å². The Hall–Kier alpha value is -2.97. The zero-order valence-electron chi connectivity index (χ0n) is 21.4. The Morgan fingerprint density at radius 3 is 2.56 bits per heavy atom. The Morgan fingerprint density at radius 1 is 1.08 bits per heavy atom. The van der Waals surface area contributed by atoms with Crippen LogP contribution < -0.4 is 10.2 Å². The van der Waals surface area contributed by atoms with Crippen molar-refractivity contribution in [2.24, 2.45) is 5.92 Å². The summed E-state index contributed by atoms with van der Waals surface area (Å²) >= 11 is 0. The lowest BCUT2D eigenvalue weighted by molar-refractivity contribution is -0.190. The van der Waals surface area contributed by atoms with Crippen LogP contribution in [0.15, 0.2) is 30.3 Å². The molecule has 3 aliphatic rings. The molecule has 8 nitrogen and oxygen atoms in total. The van der Waals surface area contributed by atoms with Gasteiger partial charge in [0.2, 0.25) is 0 Å². The Morgan fingerprint density at radius 2 is 1.83 bits per heavy atom. The van der Waals surface area contributed by atoms with Crippen molar-refractivity contribution in [3.63, 3.8) is 0 Å². The number of carbonyl (C=O) groups excluding carboxylic acids is 1. The van der Waals surface area contributed by atoms with Gasteiger partial charge in [-0.05, 0) is 58.1 Å². The molecule has 2 aromatic carbocycles. The predicted octanol–water partition coefficient (Wildman–Crippen LogP) is 5.43. The molecule has 4 atom stereocenters. The molecule has 4 N–H and O–H groups in total. The molecule has 194 valence electrons. The van der Waals surface area contributed by atoms with Crippen molar-refractivity contribution in [3.05, 3.63) is 35.9 Å². The first kappa shape index (κ1) is 24.7. The number of benzene rings is 2. The van der Waals surface area contributed by atoms with Gasteiger partial charge in [-0.3, -0.25) is 4.79 Å². The molecule has 0 bridgehead atoms. The standard InChI is InChI=1S/C28H36N2O6/c1-16(8-9-23-28(4,36-23)15-18-14-27(2,3)35-18)10-11-30-20-12-17(31)13-22(33)25(20)29-24-19(26(30)34)6-5-7-21(24)32/h5-7,12-13,16,18,23,29,31-33H,8-11,14-15H2,1-4H3. The van der Waals surface area contributed by atoms with Crippen molar-refractivity contribution in [2.45, 2.75) is 83.2 Å². The average molecular weight is 497 g/mol. The number of ether oxygens (including phenoxy) is 2. The molecular weight excluding hydrogens is 460 g/mol. The highest BCUT2D eigenvalue weighted by atomic mass is 16.6. The predicted molar refractivity (Wildman–Crippen MR) is 137 cm³/mol. The number of hydrogen-bond donors (Lipinski definition) is 4. The van der Waals surface area contributed by atoms with Crippen LogP contribution in [0.5, 0.6) is 17.2 Å². The van der Waals surface area contributed by atoms with Gasteiger partial charge in [0.25, 0.3) is 5.91 Å². The zero-order chi connectivity index (χ0) is 25.8. The van der Waals surface area contributed by atoms with E-state index in [2.05, 4.69) is 33.0 Å². The minimum atomic E-state index is -0.300. The summed E-state index contributed by atoms with van der Waals surface area (Å²) in [5, 5.41) is 34.0. The van der Waals surface area contributed by atoms with Gasteiger partial charge in [-0.1, -0.05) is 13.0 Å². The minimum absolute atomic E-state index is 0.00826. The number of para-hydroxylation sites is 1. The summed E-state index contributed by atoms with van der Waals surface area (Å²) in [6.45, 7) is 8.97. The first-order chi connectivity index (χ1) is 17.0. The number of phenolic OH excluding ortho intramolecular Hbond substituents is 3. The first-order valence-corrected chi connectivity index (χ1v) is 12.8. The highest BCUT2D eigenvalue weighted by Gasteiger charge is 2.55. The maximum Gasteiger partial charge on any atom is 0.260 e. The second-order valence-corrected chi connectivity index (χ2v) is 11.4. The molecule has 3 aliphatic heterocycles. The lowest BCUT2D eigenvalue weighted by atomic mass is 9.85. The van der Waals surface area contributed by atoms with Gasteiger partial charge >= 0.3 is 0 Å². The van der Waals surface area contributed by atoms with Crippen LogP contribution in [0.4, 0.5) is 17.1 Å². The summed E-state index contributed by atoms with van der Waals surface area (Å²) < 4.78 is 12.0. The third kappa shape index (κ3) is 4.72. The van der Waals surface area contributed by atoms with E-state index < -0.39 is 0 Å². The summed E-state index contributed by atoms with van der Waals surface area (Å²) in [6, 6.07) is 7.41. The van der Waals surface area contributed by atoms with Crippen LogP contribution in [0.2, 0.25) is 0 Å². The summed E-state index contributed by atoms with van der Waals surface area (Å²) in [5.74, 6) is -0.392. The van der Waals surface area contributed by atoms with E-state index in [0.717, 1.165) is 32.1 Å². The third-order valence-corrected chi connectivity index (χ3v) is 7.78. The van der Waals surface area contributed by atoms with Crippen molar-refractivity contribution >= 4 is 23.0 Å². The Bertz CT molecular complexity index is 1170. The van der Waals surface area contributed by atoms with Crippen LogP contribution >= 0.6 is 0 Å². The molecule has 36 heavy (non-hydrogen) atoms. The molecule has 2 aromatic rings. The van der Waals surface area contributed by atoms with Crippen LogP contribution in [0.1, 0.15) is 70.2 Å². The fourth-order valence-electron chi connectivity index (χ4n) is 5.71. The number of fused-ring (bicyclic) bond motifs is 2. The smallest absolute Gasteiger partial charge is 0.260 e. The van der Waals surface area contributed by atoms with Crippen LogP contribution in [0.25, 0.3) is 0 Å². The lowest BCUT2D eigenvalue weighted by Crippen LogP contribution is -2.47. The average Bonchev–Trinajstić information content (AvgIpc) is 3.44. The van der Waals surface area contributed by atoms with Crippen LogP contribution in [-0.4, -0.2) is 51.2 Å².